The molecule has 260 valence electrons. The molecule has 1 heterocycles. The van der Waals surface area contributed by atoms with E-state index in [-0.39, 0.29) is 30.5 Å². The monoisotopic (exact) mass is 652 g/mol. The van der Waals surface area contributed by atoms with Crippen LogP contribution in [0.5, 0.6) is 0 Å². The second kappa shape index (κ2) is 21.1. The van der Waals surface area contributed by atoms with Gasteiger partial charge in [-0.2, -0.15) is 0 Å². The van der Waals surface area contributed by atoms with Crippen LogP contribution < -0.4 is 26.6 Å². The first-order valence-corrected chi connectivity index (χ1v) is 16.3. The van der Waals surface area contributed by atoms with Crippen LogP contribution in [0.4, 0.5) is 0 Å². The molecule has 0 aromatic heterocycles. The molecular weight excluding hydrogens is 600 g/mol. The number of nitrogens with one attached hydrogen (secondary N) is 5. The molecule has 0 radical (unpaired) electrons. The van der Waals surface area contributed by atoms with Crippen molar-refractivity contribution in [3.63, 3.8) is 0 Å². The minimum absolute atomic E-state index is 0.106. The van der Waals surface area contributed by atoms with Gasteiger partial charge in [-0.3, -0.25) is 24.1 Å². The van der Waals surface area contributed by atoms with Gasteiger partial charge in [0.15, 0.2) is 0 Å². The second-order valence-corrected chi connectivity index (χ2v) is 11.6. The standard InChI is InChI=1S/C31H52N6O9/c1-44-18-19-46-21-20-45-17-16-37-14-12-35-30(42)24-6-2-4-22(26(24)38)28(40)33-10-8-32-9-11-34-29(41)23-5-3-7-25(27(23)39)31(43)36-13-15-37/h2,4,6,23-27,32,38-39H,3,5,7-21H2,1H3,(H,33,40)(H,34,41)(H,35,42)(H,36,43). The number of nitrogens with zero attached hydrogens (tertiary/aromatic N) is 1. The van der Waals surface area contributed by atoms with E-state index >= 15 is 0 Å². The Balaban J connectivity index is 1.61. The molecule has 1 saturated heterocycles. The first-order valence-electron chi connectivity index (χ1n) is 16.3. The lowest BCUT2D eigenvalue weighted by atomic mass is 9.77. The molecule has 4 amide bonds. The van der Waals surface area contributed by atoms with Crippen LogP contribution in [0, 0.1) is 17.8 Å². The third kappa shape index (κ3) is 12.4. The van der Waals surface area contributed by atoms with Crippen molar-refractivity contribution < 1.29 is 43.6 Å². The number of ether oxygens (including phenoxy) is 3. The topological polar surface area (TPSA) is 200 Å². The van der Waals surface area contributed by atoms with Crippen LogP contribution in [0.15, 0.2) is 23.8 Å². The van der Waals surface area contributed by atoms with Crippen LogP contribution in [0.3, 0.4) is 0 Å². The van der Waals surface area contributed by atoms with Crippen molar-refractivity contribution in [3.8, 4) is 0 Å². The number of hydrogen-bond donors (Lipinski definition) is 7. The maximum atomic E-state index is 13.1. The Hall–Kier alpha value is -2.92. The summed E-state index contributed by atoms with van der Waals surface area (Å²) in [5.74, 6) is -3.71. The molecule has 1 saturated carbocycles. The van der Waals surface area contributed by atoms with Gasteiger partial charge in [0.1, 0.15) is 0 Å². The average Bonchev–Trinajstić information content (AvgIpc) is 3.04. The predicted molar refractivity (Wildman–Crippen MR) is 168 cm³/mol. The number of fused-ring (bicyclic) bond motifs is 4. The molecule has 4 bridgehead atoms. The summed E-state index contributed by atoms with van der Waals surface area (Å²) in [7, 11) is 1.61. The summed E-state index contributed by atoms with van der Waals surface area (Å²) in [6.07, 6.45) is 3.95. The van der Waals surface area contributed by atoms with Crippen molar-refractivity contribution in [2.75, 3.05) is 99.0 Å². The van der Waals surface area contributed by atoms with Gasteiger partial charge in [-0.05, 0) is 12.8 Å². The largest absolute Gasteiger partial charge is 0.391 e. The Labute approximate surface area is 270 Å². The maximum Gasteiger partial charge on any atom is 0.249 e. The lowest BCUT2D eigenvalue weighted by molar-refractivity contribution is -0.139. The fourth-order valence-electron chi connectivity index (χ4n) is 5.68. The Kier molecular flexibility index (Phi) is 17.2. The van der Waals surface area contributed by atoms with Gasteiger partial charge < -0.3 is 51.0 Å². The Morgan fingerprint density at radius 2 is 1.35 bits per heavy atom. The lowest BCUT2D eigenvalue weighted by Crippen LogP contribution is -2.50. The van der Waals surface area contributed by atoms with E-state index < -0.39 is 41.8 Å². The van der Waals surface area contributed by atoms with Gasteiger partial charge in [0.25, 0.3) is 0 Å². The maximum absolute atomic E-state index is 13.1. The number of rotatable bonds is 9. The van der Waals surface area contributed by atoms with Crippen molar-refractivity contribution in [1.29, 1.82) is 0 Å². The van der Waals surface area contributed by atoms with E-state index in [9.17, 15) is 29.4 Å². The van der Waals surface area contributed by atoms with Crippen molar-refractivity contribution in [2.24, 2.45) is 17.8 Å². The highest BCUT2D eigenvalue weighted by molar-refractivity contribution is 5.97. The van der Waals surface area contributed by atoms with E-state index in [0.717, 1.165) is 0 Å². The normalized spacial score (nSPS) is 28.2. The van der Waals surface area contributed by atoms with E-state index in [1.165, 1.54) is 6.08 Å². The van der Waals surface area contributed by atoms with Gasteiger partial charge in [0.05, 0.1) is 63.0 Å². The Morgan fingerprint density at radius 1 is 0.761 bits per heavy atom. The first-order chi connectivity index (χ1) is 22.3. The molecule has 15 heteroatoms. The summed E-state index contributed by atoms with van der Waals surface area (Å²) in [6.45, 7) is 5.65. The van der Waals surface area contributed by atoms with E-state index in [0.29, 0.717) is 98.1 Å². The SMILES string of the molecule is COCCOCCOCCN1CCNC(=O)C2C=CC=C(C(=O)NCCNCCNC(=O)C3CCCC(C(=O)NCC1)C3O)C2O. The molecule has 1 aliphatic heterocycles. The van der Waals surface area contributed by atoms with Crippen molar-refractivity contribution >= 4 is 23.6 Å². The Morgan fingerprint density at radius 3 is 2.02 bits per heavy atom. The summed E-state index contributed by atoms with van der Waals surface area (Å²) >= 11 is 0. The number of amides is 4. The van der Waals surface area contributed by atoms with Crippen LogP contribution in [-0.4, -0.2) is 150 Å². The van der Waals surface area contributed by atoms with Crippen LogP contribution in [0.25, 0.3) is 0 Å². The number of allylic oxidation sites excluding steroid dienone is 2. The average molecular weight is 653 g/mol. The van der Waals surface area contributed by atoms with E-state index in [2.05, 4.69) is 26.6 Å². The number of carbonyl (C=O) groups is 4. The minimum atomic E-state index is -1.29. The van der Waals surface area contributed by atoms with Gasteiger partial charge in [0, 0.05) is 71.6 Å². The number of carbonyl (C=O) groups excluding carboxylic acids is 4. The number of hydrogen-bond acceptors (Lipinski definition) is 11. The van der Waals surface area contributed by atoms with E-state index in [1.54, 1.807) is 19.3 Å². The highest BCUT2D eigenvalue weighted by Crippen LogP contribution is 2.30. The minimum Gasteiger partial charge on any atom is -0.391 e. The zero-order chi connectivity index (χ0) is 33.1. The van der Waals surface area contributed by atoms with E-state index in [4.69, 9.17) is 14.2 Å². The van der Waals surface area contributed by atoms with Gasteiger partial charge in [0.2, 0.25) is 23.6 Å². The van der Waals surface area contributed by atoms with Gasteiger partial charge in [-0.1, -0.05) is 24.6 Å². The van der Waals surface area contributed by atoms with Gasteiger partial charge >= 0.3 is 0 Å². The molecule has 0 spiro atoms. The highest BCUT2D eigenvalue weighted by Gasteiger charge is 2.39. The van der Waals surface area contributed by atoms with Crippen LogP contribution >= 0.6 is 0 Å². The fourth-order valence-corrected chi connectivity index (χ4v) is 5.68. The van der Waals surface area contributed by atoms with Crippen LogP contribution in [-0.2, 0) is 33.4 Å². The van der Waals surface area contributed by atoms with Crippen molar-refractivity contribution in [2.45, 2.75) is 31.5 Å². The molecule has 5 atom stereocenters. The first kappa shape index (κ1) is 37.5. The van der Waals surface area contributed by atoms with Gasteiger partial charge in [-0.25, -0.2) is 0 Å². The molecular formula is C31H52N6O9. The zero-order valence-corrected chi connectivity index (χ0v) is 26.8. The summed E-state index contributed by atoms with van der Waals surface area (Å²) in [6, 6.07) is 0. The van der Waals surface area contributed by atoms with Crippen LogP contribution in [0.1, 0.15) is 19.3 Å². The number of aliphatic hydroxyl groups excluding tert-OH is 2. The van der Waals surface area contributed by atoms with Gasteiger partial charge in [-0.15, -0.1) is 0 Å². The Bertz CT molecular complexity index is 1040. The molecule has 2 fully saturated rings. The van der Waals surface area contributed by atoms with Crippen LogP contribution in [0.2, 0.25) is 0 Å². The lowest BCUT2D eigenvalue weighted by Gasteiger charge is -2.33. The highest BCUT2D eigenvalue weighted by atomic mass is 16.5. The molecule has 5 unspecified atom stereocenters. The third-order valence-corrected chi connectivity index (χ3v) is 8.34. The van der Waals surface area contributed by atoms with Crippen molar-refractivity contribution in [1.82, 2.24) is 31.5 Å². The molecule has 0 aromatic rings. The smallest absolute Gasteiger partial charge is 0.249 e. The molecule has 3 aliphatic rings. The summed E-state index contributed by atoms with van der Waals surface area (Å²) in [5, 5.41) is 36.2. The molecule has 7 N–H and O–H groups in total. The molecule has 46 heavy (non-hydrogen) atoms. The molecule has 15 nitrogen and oxygen atoms in total. The molecule has 2 aliphatic carbocycles. The molecule has 0 aromatic carbocycles. The van der Waals surface area contributed by atoms with E-state index in [1.807, 2.05) is 4.90 Å². The number of methoxy groups -OCH3 is 1. The molecule has 3 rings (SSSR count). The second-order valence-electron chi connectivity index (χ2n) is 11.6. The quantitative estimate of drug-likeness (QED) is 0.128. The predicted octanol–water partition coefficient (Wildman–Crippen LogP) is -2.71. The summed E-state index contributed by atoms with van der Waals surface area (Å²) in [4.78, 5) is 53.6. The fraction of sp³-hybridized carbons (Fsp3) is 0.742. The number of aliphatic hydroxyl groups is 2. The summed E-state index contributed by atoms with van der Waals surface area (Å²) in [5.41, 5.74) is 0.106. The zero-order valence-electron chi connectivity index (χ0n) is 26.8. The van der Waals surface area contributed by atoms with Crippen molar-refractivity contribution in [3.05, 3.63) is 23.8 Å². The summed E-state index contributed by atoms with van der Waals surface area (Å²) < 4.78 is 16.1. The third-order valence-electron chi connectivity index (χ3n) is 8.34.